The van der Waals surface area contributed by atoms with Crippen LogP contribution in [0, 0.1) is 0 Å². The summed E-state index contributed by atoms with van der Waals surface area (Å²) in [5, 5.41) is 1.36. The summed E-state index contributed by atoms with van der Waals surface area (Å²) in [6, 6.07) is 3.22. The van der Waals surface area contributed by atoms with Crippen LogP contribution in [0.2, 0.25) is 10.0 Å². The number of carbonyl (C=O) groups excluding carboxylic acids is 2. The Balaban J connectivity index is 2.54. The minimum absolute atomic E-state index is 0.192. The zero-order valence-corrected chi connectivity index (χ0v) is 16.8. The number of aromatic amines is 1. The molecule has 0 aliphatic rings. The lowest BCUT2D eigenvalue weighted by Gasteiger charge is -2.17. The van der Waals surface area contributed by atoms with E-state index in [1.54, 1.807) is 46.8 Å². The van der Waals surface area contributed by atoms with Crippen molar-refractivity contribution in [3.8, 4) is 0 Å². The van der Waals surface area contributed by atoms with Gasteiger partial charge in [-0.2, -0.15) is 0 Å². The van der Waals surface area contributed by atoms with Crippen LogP contribution in [0.1, 0.15) is 50.7 Å². The fourth-order valence-corrected chi connectivity index (χ4v) is 2.96. The largest absolute Gasteiger partial charge is 0.458 e. The van der Waals surface area contributed by atoms with Gasteiger partial charge in [0.2, 0.25) is 0 Å². The zero-order chi connectivity index (χ0) is 19.6. The van der Waals surface area contributed by atoms with Gasteiger partial charge < -0.3 is 14.5 Å². The van der Waals surface area contributed by atoms with Gasteiger partial charge in [-0.1, -0.05) is 23.2 Å². The Hall–Kier alpha value is -1.98. The summed E-state index contributed by atoms with van der Waals surface area (Å²) in [5.74, 6) is -1.08. The third-order valence-corrected chi connectivity index (χ3v) is 3.71. The molecule has 26 heavy (non-hydrogen) atoms. The van der Waals surface area contributed by atoms with Crippen molar-refractivity contribution in [3.63, 3.8) is 0 Å². The molecule has 0 atom stereocenters. The first-order chi connectivity index (χ1) is 12.0. The molecule has 0 amide bonds. The van der Waals surface area contributed by atoms with Gasteiger partial charge in [-0.25, -0.2) is 9.59 Å². The molecule has 1 N–H and O–H groups in total. The average Bonchev–Trinajstić information content (AvgIpc) is 2.81. The molecule has 2 aromatic rings. The lowest BCUT2D eigenvalue weighted by atomic mass is 10.1. The first-order valence-corrected chi connectivity index (χ1v) is 8.86. The van der Waals surface area contributed by atoms with Crippen LogP contribution in [0.15, 0.2) is 18.2 Å². The van der Waals surface area contributed by atoms with Crippen LogP contribution in [0.4, 0.5) is 0 Å². The van der Waals surface area contributed by atoms with Crippen LogP contribution in [-0.2, 0) is 14.3 Å². The van der Waals surface area contributed by atoms with Crippen LogP contribution >= 0.6 is 23.2 Å². The molecule has 7 heteroatoms. The maximum atomic E-state index is 12.4. The molecular formula is C19H21Cl2NO4. The molecule has 0 unspecified atom stereocenters. The summed E-state index contributed by atoms with van der Waals surface area (Å²) in [4.78, 5) is 27.4. The molecule has 0 spiro atoms. The molecule has 5 nitrogen and oxygen atoms in total. The Morgan fingerprint density at radius 2 is 1.85 bits per heavy atom. The second kappa shape index (κ2) is 7.72. The van der Waals surface area contributed by atoms with E-state index in [2.05, 4.69) is 4.98 Å². The first-order valence-electron chi connectivity index (χ1n) is 8.10. The van der Waals surface area contributed by atoms with E-state index < -0.39 is 17.5 Å². The lowest BCUT2D eigenvalue weighted by Crippen LogP contribution is -2.22. The van der Waals surface area contributed by atoms with Gasteiger partial charge >= 0.3 is 11.9 Å². The average molecular weight is 398 g/mol. The number of fused-ring (bicyclic) bond motifs is 1. The minimum atomic E-state index is -0.619. The van der Waals surface area contributed by atoms with Crippen molar-refractivity contribution in [3.05, 3.63) is 39.5 Å². The number of hydrogen-bond donors (Lipinski definition) is 1. The quantitative estimate of drug-likeness (QED) is 0.554. The minimum Gasteiger partial charge on any atom is -0.458 e. The number of halogens is 2. The van der Waals surface area contributed by atoms with Crippen molar-refractivity contribution < 1.29 is 19.1 Å². The molecule has 0 aliphatic carbocycles. The lowest BCUT2D eigenvalue weighted by molar-refractivity contribution is -0.148. The van der Waals surface area contributed by atoms with Crippen molar-refractivity contribution >= 4 is 52.1 Å². The number of hydrogen-bond acceptors (Lipinski definition) is 4. The topological polar surface area (TPSA) is 68.4 Å². The maximum absolute atomic E-state index is 12.4. The van der Waals surface area contributed by atoms with Crippen LogP contribution in [0.3, 0.4) is 0 Å². The monoisotopic (exact) mass is 397 g/mol. The summed E-state index contributed by atoms with van der Waals surface area (Å²) >= 11 is 12.3. The number of esters is 2. The Morgan fingerprint density at radius 1 is 1.19 bits per heavy atom. The predicted octanol–water partition coefficient (Wildman–Crippen LogP) is 5.39. The van der Waals surface area contributed by atoms with Crippen molar-refractivity contribution in [1.29, 1.82) is 0 Å². The van der Waals surface area contributed by atoms with Crippen molar-refractivity contribution in [1.82, 2.24) is 4.98 Å². The molecule has 1 heterocycles. The molecule has 0 fully saturated rings. The summed E-state index contributed by atoms with van der Waals surface area (Å²) in [7, 11) is 0. The van der Waals surface area contributed by atoms with E-state index in [1.165, 1.54) is 12.2 Å². The Bertz CT molecular complexity index is 876. The molecule has 140 valence electrons. The standard InChI is InChI=1S/C19H21Cl2NO4/c1-10(2)25-18(24)17-12(6-7-15(23)26-19(3,4)5)16-13(21)8-11(20)9-14(16)22-17/h6-10,22H,1-5H3/b7-6+. The van der Waals surface area contributed by atoms with E-state index in [9.17, 15) is 9.59 Å². The second-order valence-electron chi connectivity index (χ2n) is 7.04. The third-order valence-electron chi connectivity index (χ3n) is 3.19. The highest BCUT2D eigenvalue weighted by Crippen LogP contribution is 2.33. The summed E-state index contributed by atoms with van der Waals surface area (Å²) < 4.78 is 10.5. The molecule has 1 aromatic carbocycles. The third kappa shape index (κ3) is 5.02. The van der Waals surface area contributed by atoms with Gasteiger partial charge in [0.15, 0.2) is 0 Å². The van der Waals surface area contributed by atoms with Gasteiger partial charge in [0.05, 0.1) is 11.1 Å². The van der Waals surface area contributed by atoms with E-state index in [0.29, 0.717) is 26.5 Å². The molecule has 0 saturated carbocycles. The number of ether oxygens (including phenoxy) is 2. The smallest absolute Gasteiger partial charge is 0.355 e. The van der Waals surface area contributed by atoms with Gasteiger partial charge in [-0.15, -0.1) is 0 Å². The SMILES string of the molecule is CC(C)OC(=O)c1[nH]c2cc(Cl)cc(Cl)c2c1/C=C/C(=O)OC(C)(C)C. The molecular weight excluding hydrogens is 377 g/mol. The molecule has 1 aromatic heterocycles. The normalized spacial score (nSPS) is 12.2. The van der Waals surface area contributed by atoms with E-state index in [1.807, 2.05) is 0 Å². The number of rotatable bonds is 4. The maximum Gasteiger partial charge on any atom is 0.355 e. The molecule has 2 rings (SSSR count). The summed E-state index contributed by atoms with van der Waals surface area (Å²) in [6.07, 6.45) is 2.45. The summed E-state index contributed by atoms with van der Waals surface area (Å²) in [5.41, 5.74) is 0.588. The Morgan fingerprint density at radius 3 is 2.42 bits per heavy atom. The molecule has 0 bridgehead atoms. The number of nitrogens with one attached hydrogen (secondary N) is 1. The molecule has 0 saturated heterocycles. The van der Waals surface area contributed by atoms with Crippen molar-refractivity contribution in [2.24, 2.45) is 0 Å². The highest BCUT2D eigenvalue weighted by atomic mass is 35.5. The highest BCUT2D eigenvalue weighted by molar-refractivity contribution is 6.39. The van der Waals surface area contributed by atoms with Gasteiger partial charge in [-0.05, 0) is 52.8 Å². The molecule has 0 radical (unpaired) electrons. The van der Waals surface area contributed by atoms with Gasteiger partial charge in [-0.3, -0.25) is 0 Å². The van der Waals surface area contributed by atoms with E-state index in [-0.39, 0.29) is 11.8 Å². The first kappa shape index (κ1) is 20.3. The van der Waals surface area contributed by atoms with Crippen molar-refractivity contribution in [2.45, 2.75) is 46.3 Å². The second-order valence-corrected chi connectivity index (χ2v) is 7.89. The zero-order valence-electron chi connectivity index (χ0n) is 15.3. The van der Waals surface area contributed by atoms with Crippen LogP contribution in [-0.4, -0.2) is 28.6 Å². The van der Waals surface area contributed by atoms with Crippen molar-refractivity contribution in [2.75, 3.05) is 0 Å². The highest BCUT2D eigenvalue weighted by Gasteiger charge is 2.21. The predicted molar refractivity (Wildman–Crippen MR) is 104 cm³/mol. The number of carbonyl (C=O) groups is 2. The van der Waals surface area contributed by atoms with Crippen LogP contribution < -0.4 is 0 Å². The number of benzene rings is 1. The van der Waals surface area contributed by atoms with E-state index in [4.69, 9.17) is 32.7 Å². The van der Waals surface area contributed by atoms with E-state index >= 15 is 0 Å². The Kier molecular flexibility index (Phi) is 6.04. The van der Waals surface area contributed by atoms with Crippen LogP contribution in [0.5, 0.6) is 0 Å². The van der Waals surface area contributed by atoms with Crippen LogP contribution in [0.25, 0.3) is 17.0 Å². The van der Waals surface area contributed by atoms with Gasteiger partial charge in [0.25, 0.3) is 0 Å². The van der Waals surface area contributed by atoms with Gasteiger partial charge in [0, 0.05) is 27.6 Å². The van der Waals surface area contributed by atoms with Gasteiger partial charge in [0.1, 0.15) is 11.3 Å². The number of H-pyrrole nitrogens is 1. The fourth-order valence-electron chi connectivity index (χ4n) is 2.36. The van der Waals surface area contributed by atoms with E-state index in [0.717, 1.165) is 0 Å². The fraction of sp³-hybridized carbons (Fsp3) is 0.368. The Labute approximate surface area is 162 Å². The molecule has 0 aliphatic heterocycles. The summed E-state index contributed by atoms with van der Waals surface area (Å²) in [6.45, 7) is 8.82. The number of aromatic nitrogens is 1.